The summed E-state index contributed by atoms with van der Waals surface area (Å²) in [5, 5.41) is 4.75. The molecule has 0 bridgehead atoms. The number of rotatable bonds is 4. The van der Waals surface area contributed by atoms with Gasteiger partial charge in [0, 0.05) is 18.3 Å². The van der Waals surface area contributed by atoms with Gasteiger partial charge in [0.05, 0.1) is 11.1 Å². The molecule has 0 fully saturated rings. The summed E-state index contributed by atoms with van der Waals surface area (Å²) in [7, 11) is 3.94. The third kappa shape index (κ3) is 2.58. The van der Waals surface area contributed by atoms with Gasteiger partial charge in [-0.3, -0.25) is 9.36 Å². The molecule has 0 aliphatic carbocycles. The van der Waals surface area contributed by atoms with Crippen LogP contribution >= 0.6 is 0 Å². The molecule has 3 heterocycles. The Hall–Kier alpha value is -3.06. The van der Waals surface area contributed by atoms with Gasteiger partial charge in [-0.25, -0.2) is 9.97 Å². The van der Waals surface area contributed by atoms with Crippen molar-refractivity contribution in [3.8, 4) is 5.69 Å². The number of benzene rings is 1. The lowest BCUT2D eigenvalue weighted by Gasteiger charge is -2.08. The first-order valence-electron chi connectivity index (χ1n) is 7.99. The molecule has 126 valence electrons. The van der Waals surface area contributed by atoms with Crippen LogP contribution in [-0.2, 0) is 4.84 Å². The first kappa shape index (κ1) is 15.5. The molecular formula is C18H17N5O2. The van der Waals surface area contributed by atoms with E-state index in [0.29, 0.717) is 29.2 Å². The first-order chi connectivity index (χ1) is 12.2. The first-order valence-corrected chi connectivity index (χ1v) is 7.99. The van der Waals surface area contributed by atoms with Gasteiger partial charge >= 0.3 is 0 Å². The SMILES string of the molecule is CN(C)CCO/N=C1\c2ccccc2-n2c1nc1ncccc1c2=O. The highest BCUT2D eigenvalue weighted by Gasteiger charge is 2.29. The molecular weight excluding hydrogens is 318 g/mol. The zero-order valence-corrected chi connectivity index (χ0v) is 14.0. The van der Waals surface area contributed by atoms with Crippen molar-refractivity contribution in [3.63, 3.8) is 0 Å². The van der Waals surface area contributed by atoms with Crippen molar-refractivity contribution in [1.29, 1.82) is 0 Å². The van der Waals surface area contributed by atoms with E-state index < -0.39 is 0 Å². The minimum Gasteiger partial charge on any atom is -0.394 e. The molecule has 1 aliphatic rings. The normalized spacial score (nSPS) is 14.1. The second kappa shape index (κ2) is 6.10. The highest BCUT2D eigenvalue weighted by Crippen LogP contribution is 2.26. The topological polar surface area (TPSA) is 72.6 Å². The number of aromatic nitrogens is 3. The number of para-hydroxylation sites is 1. The Labute approximate surface area is 144 Å². The predicted octanol–water partition coefficient (Wildman–Crippen LogP) is 1.42. The molecule has 0 amide bonds. The summed E-state index contributed by atoms with van der Waals surface area (Å²) in [5.74, 6) is 0.460. The number of nitrogens with zero attached hydrogens (tertiary/aromatic N) is 5. The quantitative estimate of drug-likeness (QED) is 0.417. The highest BCUT2D eigenvalue weighted by atomic mass is 16.6. The van der Waals surface area contributed by atoms with Crippen LogP contribution in [0.25, 0.3) is 16.7 Å². The van der Waals surface area contributed by atoms with Crippen molar-refractivity contribution >= 4 is 16.7 Å². The zero-order chi connectivity index (χ0) is 17.4. The Kier molecular flexibility index (Phi) is 3.77. The van der Waals surface area contributed by atoms with Gasteiger partial charge in [0.25, 0.3) is 5.56 Å². The lowest BCUT2D eigenvalue weighted by atomic mass is 10.1. The highest BCUT2D eigenvalue weighted by molar-refractivity contribution is 6.16. The molecule has 0 atom stereocenters. The largest absolute Gasteiger partial charge is 0.394 e. The molecule has 4 rings (SSSR count). The minimum absolute atomic E-state index is 0.154. The minimum atomic E-state index is -0.154. The van der Waals surface area contributed by atoms with Crippen LogP contribution in [0.5, 0.6) is 0 Å². The molecule has 0 N–H and O–H groups in total. The maximum absolute atomic E-state index is 12.9. The van der Waals surface area contributed by atoms with Crippen molar-refractivity contribution < 1.29 is 4.84 Å². The fraction of sp³-hybridized carbons (Fsp3) is 0.222. The molecule has 0 radical (unpaired) electrons. The van der Waals surface area contributed by atoms with Gasteiger partial charge in [-0.2, -0.15) is 0 Å². The standard InChI is InChI=1S/C18H17N5O2/c1-22(2)10-11-25-21-15-12-6-3-4-8-14(12)23-17(15)20-16-13(18(23)24)7-5-9-19-16/h3-9H,10-11H2,1-2H3/b21-15+. The van der Waals surface area contributed by atoms with E-state index in [1.807, 2.05) is 43.3 Å². The average molecular weight is 335 g/mol. The van der Waals surface area contributed by atoms with Gasteiger partial charge in [0.2, 0.25) is 0 Å². The molecule has 0 saturated carbocycles. The van der Waals surface area contributed by atoms with Crippen LogP contribution in [0.4, 0.5) is 0 Å². The summed E-state index contributed by atoms with van der Waals surface area (Å²) >= 11 is 0. The lowest BCUT2D eigenvalue weighted by molar-refractivity contribution is 0.126. The summed E-state index contributed by atoms with van der Waals surface area (Å²) < 4.78 is 1.58. The summed E-state index contributed by atoms with van der Waals surface area (Å²) in [6.45, 7) is 1.20. The number of hydrogen-bond acceptors (Lipinski definition) is 6. The number of pyridine rings is 1. The van der Waals surface area contributed by atoms with Gasteiger partial charge in [-0.15, -0.1) is 0 Å². The number of likely N-dealkylation sites (N-methyl/N-ethyl adjacent to an activating group) is 1. The Bertz CT molecular complexity index is 1040. The van der Waals surface area contributed by atoms with Gasteiger partial charge in [-0.05, 0) is 32.3 Å². The Balaban J connectivity index is 1.88. The van der Waals surface area contributed by atoms with Crippen LogP contribution in [0.15, 0.2) is 52.5 Å². The molecule has 1 aliphatic heterocycles. The van der Waals surface area contributed by atoms with Crippen LogP contribution < -0.4 is 5.56 Å². The molecule has 2 aromatic heterocycles. The van der Waals surface area contributed by atoms with Gasteiger partial charge < -0.3 is 9.74 Å². The maximum atomic E-state index is 12.9. The van der Waals surface area contributed by atoms with Crippen LogP contribution in [0.2, 0.25) is 0 Å². The van der Waals surface area contributed by atoms with Crippen molar-refractivity contribution in [2.24, 2.45) is 5.16 Å². The molecule has 0 spiro atoms. The Morgan fingerprint density at radius 3 is 2.88 bits per heavy atom. The van der Waals surface area contributed by atoms with Crippen LogP contribution in [0, 0.1) is 0 Å². The van der Waals surface area contributed by atoms with E-state index in [2.05, 4.69) is 15.1 Å². The van der Waals surface area contributed by atoms with Crippen molar-refractivity contribution in [2.45, 2.75) is 0 Å². The van der Waals surface area contributed by atoms with E-state index in [9.17, 15) is 4.79 Å². The Morgan fingerprint density at radius 1 is 1.20 bits per heavy atom. The fourth-order valence-electron chi connectivity index (χ4n) is 2.82. The van der Waals surface area contributed by atoms with Gasteiger partial charge in [-0.1, -0.05) is 23.4 Å². The second-order valence-corrected chi connectivity index (χ2v) is 6.04. The van der Waals surface area contributed by atoms with E-state index >= 15 is 0 Å². The predicted molar refractivity (Wildman–Crippen MR) is 95.3 cm³/mol. The van der Waals surface area contributed by atoms with Crippen LogP contribution in [0.1, 0.15) is 11.4 Å². The number of fused-ring (bicyclic) bond motifs is 4. The van der Waals surface area contributed by atoms with Crippen molar-refractivity contribution in [2.75, 3.05) is 27.2 Å². The Morgan fingerprint density at radius 2 is 2.04 bits per heavy atom. The fourth-order valence-corrected chi connectivity index (χ4v) is 2.82. The summed E-state index contributed by atoms with van der Waals surface area (Å²) in [6.07, 6.45) is 1.62. The molecule has 7 nitrogen and oxygen atoms in total. The van der Waals surface area contributed by atoms with E-state index in [4.69, 9.17) is 4.84 Å². The van der Waals surface area contributed by atoms with E-state index in [0.717, 1.165) is 17.8 Å². The maximum Gasteiger partial charge on any atom is 0.267 e. The summed E-state index contributed by atoms with van der Waals surface area (Å²) in [5.41, 5.74) is 2.40. The van der Waals surface area contributed by atoms with E-state index in [-0.39, 0.29) is 5.56 Å². The van der Waals surface area contributed by atoms with Crippen molar-refractivity contribution in [1.82, 2.24) is 19.4 Å². The molecule has 3 aromatic rings. The molecule has 1 aromatic carbocycles. The third-order valence-electron chi connectivity index (χ3n) is 4.04. The number of oxime groups is 1. The molecule has 7 heteroatoms. The van der Waals surface area contributed by atoms with Gasteiger partial charge in [0.1, 0.15) is 6.61 Å². The average Bonchev–Trinajstić information content (AvgIpc) is 2.93. The smallest absolute Gasteiger partial charge is 0.267 e. The zero-order valence-electron chi connectivity index (χ0n) is 14.0. The van der Waals surface area contributed by atoms with Crippen LogP contribution in [-0.4, -0.2) is 52.4 Å². The summed E-state index contributed by atoms with van der Waals surface area (Å²) in [6, 6.07) is 11.1. The van der Waals surface area contributed by atoms with Crippen LogP contribution in [0.3, 0.4) is 0 Å². The summed E-state index contributed by atoms with van der Waals surface area (Å²) in [4.78, 5) is 29.2. The lowest BCUT2D eigenvalue weighted by Crippen LogP contribution is -2.22. The van der Waals surface area contributed by atoms with E-state index in [1.54, 1.807) is 22.9 Å². The number of hydrogen-bond donors (Lipinski definition) is 0. The second-order valence-electron chi connectivity index (χ2n) is 6.04. The van der Waals surface area contributed by atoms with E-state index in [1.165, 1.54) is 0 Å². The molecule has 25 heavy (non-hydrogen) atoms. The third-order valence-corrected chi connectivity index (χ3v) is 4.04. The van der Waals surface area contributed by atoms with Gasteiger partial charge in [0.15, 0.2) is 17.2 Å². The molecule has 0 saturated heterocycles. The van der Waals surface area contributed by atoms with Crippen molar-refractivity contribution in [3.05, 3.63) is 64.3 Å². The monoisotopic (exact) mass is 335 g/mol. The molecule has 0 unspecified atom stereocenters.